The highest BCUT2D eigenvalue weighted by Gasteiger charge is 2.60. The first-order valence-corrected chi connectivity index (χ1v) is 8.83. The third-order valence-corrected chi connectivity index (χ3v) is 6.57. The molecule has 4 rings (SSSR count). The van der Waals surface area contributed by atoms with Crippen LogP contribution in [0.3, 0.4) is 0 Å². The maximum absolute atomic E-state index is 12.3. The van der Waals surface area contributed by atoms with Gasteiger partial charge in [-0.05, 0) is 11.9 Å². The number of hydrogen-bond acceptors (Lipinski definition) is 5. The standard InChI is InChI=1S/C15H18N4O4S/c1-7-11-10(8(2)20)14(21)19(11)12(15(22)23)13(7)24-9-3-17-5-16-6-18(17)4-9/h5-11,20H,3-4H2,1-2H3/p+1/t7-,8+,10+,11?/m0/s1. The summed E-state index contributed by atoms with van der Waals surface area (Å²) in [6.45, 7) is 5.05. The SMILES string of the molecule is C[C@@H]1C(SC2Cn3cnc[n+]3C2)=C(C(=O)O)N2C(=O)[C@H]([C@@H](C)O)C12. The van der Waals surface area contributed by atoms with Crippen molar-refractivity contribution in [3.8, 4) is 0 Å². The first kappa shape index (κ1) is 15.6. The number of rotatable bonds is 4. The number of aliphatic hydroxyl groups is 1. The van der Waals surface area contributed by atoms with Crippen LogP contribution in [0.25, 0.3) is 0 Å². The molecule has 24 heavy (non-hydrogen) atoms. The molecule has 1 amide bonds. The fraction of sp³-hybridized carbons (Fsp3) is 0.600. The Hall–Kier alpha value is -1.87. The van der Waals surface area contributed by atoms with Crippen LogP contribution >= 0.6 is 11.8 Å². The van der Waals surface area contributed by atoms with Crippen molar-refractivity contribution in [3.05, 3.63) is 23.3 Å². The molecule has 0 saturated carbocycles. The second kappa shape index (κ2) is 5.32. The zero-order valence-electron chi connectivity index (χ0n) is 13.4. The number of aromatic nitrogens is 3. The van der Waals surface area contributed by atoms with Crippen LogP contribution in [0, 0.1) is 11.8 Å². The molecule has 4 heterocycles. The summed E-state index contributed by atoms with van der Waals surface area (Å²) in [6, 6.07) is -0.249. The van der Waals surface area contributed by atoms with Gasteiger partial charge in [-0.2, -0.15) is 9.36 Å². The summed E-state index contributed by atoms with van der Waals surface area (Å²) >= 11 is 1.54. The van der Waals surface area contributed by atoms with Gasteiger partial charge >= 0.3 is 12.3 Å². The molecule has 1 saturated heterocycles. The Balaban J connectivity index is 1.61. The van der Waals surface area contributed by atoms with Crippen LogP contribution < -0.4 is 4.68 Å². The predicted molar refractivity (Wildman–Crippen MR) is 83.4 cm³/mol. The number of carbonyl (C=O) groups is 2. The van der Waals surface area contributed by atoms with E-state index in [4.69, 9.17) is 0 Å². The van der Waals surface area contributed by atoms with Crippen molar-refractivity contribution >= 4 is 23.6 Å². The molecule has 1 aromatic heterocycles. The van der Waals surface area contributed by atoms with Gasteiger partial charge in [-0.3, -0.25) is 4.79 Å². The van der Waals surface area contributed by atoms with Gasteiger partial charge in [0.15, 0.2) is 0 Å². The molecule has 3 aliphatic heterocycles. The van der Waals surface area contributed by atoms with Gasteiger partial charge in [0.25, 0.3) is 0 Å². The summed E-state index contributed by atoms with van der Waals surface area (Å²) in [7, 11) is 0. The summed E-state index contributed by atoms with van der Waals surface area (Å²) in [5.74, 6) is -1.95. The van der Waals surface area contributed by atoms with E-state index in [0.29, 0.717) is 0 Å². The van der Waals surface area contributed by atoms with Crippen LogP contribution in [-0.4, -0.2) is 54.1 Å². The molecule has 0 bridgehead atoms. The zero-order valence-corrected chi connectivity index (χ0v) is 14.2. The molecule has 128 valence electrons. The summed E-state index contributed by atoms with van der Waals surface area (Å²) in [4.78, 5) is 30.3. The number of aliphatic hydroxyl groups excluding tert-OH is 1. The van der Waals surface area contributed by atoms with Gasteiger partial charge in [-0.25, -0.2) is 4.79 Å². The quantitative estimate of drug-likeness (QED) is 0.557. The lowest BCUT2D eigenvalue weighted by molar-refractivity contribution is -0.758. The van der Waals surface area contributed by atoms with Crippen LogP contribution in [-0.2, 0) is 22.7 Å². The smallest absolute Gasteiger partial charge is 0.353 e. The van der Waals surface area contributed by atoms with Crippen molar-refractivity contribution in [2.45, 2.75) is 44.3 Å². The van der Waals surface area contributed by atoms with E-state index < -0.39 is 18.0 Å². The Morgan fingerprint density at radius 1 is 1.54 bits per heavy atom. The Kier molecular flexibility index (Phi) is 3.47. The largest absolute Gasteiger partial charge is 0.477 e. The fourth-order valence-corrected chi connectivity index (χ4v) is 5.49. The maximum atomic E-state index is 12.3. The van der Waals surface area contributed by atoms with E-state index in [0.717, 1.165) is 18.0 Å². The van der Waals surface area contributed by atoms with E-state index in [9.17, 15) is 19.8 Å². The maximum Gasteiger partial charge on any atom is 0.353 e. The first-order valence-electron chi connectivity index (χ1n) is 7.95. The monoisotopic (exact) mass is 351 g/mol. The van der Waals surface area contributed by atoms with Crippen LogP contribution in [0.1, 0.15) is 13.8 Å². The molecule has 0 aliphatic carbocycles. The molecule has 1 fully saturated rings. The van der Waals surface area contributed by atoms with Gasteiger partial charge in [0.05, 0.1) is 29.9 Å². The topological polar surface area (TPSA) is 99.5 Å². The number of carboxylic acid groups (broad SMARTS) is 1. The van der Waals surface area contributed by atoms with Gasteiger partial charge in [0, 0.05) is 10.8 Å². The summed E-state index contributed by atoms with van der Waals surface area (Å²) in [5.41, 5.74) is 0.0964. The zero-order chi connectivity index (χ0) is 17.2. The number of carboxylic acids is 1. The van der Waals surface area contributed by atoms with Gasteiger partial charge in [0.2, 0.25) is 12.2 Å². The van der Waals surface area contributed by atoms with Crippen LogP contribution in [0.4, 0.5) is 0 Å². The number of carbonyl (C=O) groups excluding carboxylic acids is 1. The minimum atomic E-state index is -1.07. The van der Waals surface area contributed by atoms with Gasteiger partial charge in [0.1, 0.15) is 12.2 Å². The highest BCUT2D eigenvalue weighted by Crippen LogP contribution is 2.51. The summed E-state index contributed by atoms with van der Waals surface area (Å²) in [5, 5.41) is 19.7. The first-order chi connectivity index (χ1) is 11.4. The normalized spacial score (nSPS) is 32.6. The van der Waals surface area contributed by atoms with Gasteiger partial charge < -0.3 is 15.1 Å². The van der Waals surface area contributed by atoms with Crippen molar-refractivity contribution in [3.63, 3.8) is 0 Å². The highest BCUT2D eigenvalue weighted by atomic mass is 32.2. The van der Waals surface area contributed by atoms with E-state index in [1.165, 1.54) is 16.7 Å². The minimum absolute atomic E-state index is 0.0820. The predicted octanol–water partition coefficient (Wildman–Crippen LogP) is -0.560. The Labute approximate surface area is 142 Å². The van der Waals surface area contributed by atoms with Crippen molar-refractivity contribution in [1.82, 2.24) is 14.6 Å². The minimum Gasteiger partial charge on any atom is -0.477 e. The third-order valence-electron chi connectivity index (χ3n) is 5.12. The number of amides is 1. The number of nitrogens with zero attached hydrogens (tertiary/aromatic N) is 4. The molecule has 9 heteroatoms. The number of aliphatic carboxylic acids is 1. The third kappa shape index (κ3) is 2.04. The van der Waals surface area contributed by atoms with E-state index in [-0.39, 0.29) is 28.8 Å². The molecule has 3 aliphatic rings. The summed E-state index contributed by atoms with van der Waals surface area (Å²) in [6.07, 6.45) is 2.74. The van der Waals surface area contributed by atoms with E-state index in [1.54, 1.807) is 19.6 Å². The lowest BCUT2D eigenvalue weighted by Crippen LogP contribution is -2.63. The Morgan fingerprint density at radius 3 is 2.92 bits per heavy atom. The lowest BCUT2D eigenvalue weighted by atomic mass is 9.79. The summed E-state index contributed by atoms with van der Waals surface area (Å²) < 4.78 is 3.99. The van der Waals surface area contributed by atoms with Crippen molar-refractivity contribution in [2.75, 3.05) is 0 Å². The average Bonchev–Trinajstić information content (AvgIpc) is 3.12. The molecule has 0 spiro atoms. The molecule has 8 nitrogen and oxygen atoms in total. The highest BCUT2D eigenvalue weighted by molar-refractivity contribution is 8.03. The van der Waals surface area contributed by atoms with Gasteiger partial charge in [-0.1, -0.05) is 6.92 Å². The molecule has 4 atom stereocenters. The van der Waals surface area contributed by atoms with Crippen molar-refractivity contribution < 1.29 is 24.5 Å². The van der Waals surface area contributed by atoms with Gasteiger partial charge in [-0.15, -0.1) is 11.8 Å². The van der Waals surface area contributed by atoms with Crippen LogP contribution in [0.5, 0.6) is 0 Å². The van der Waals surface area contributed by atoms with Crippen molar-refractivity contribution in [2.24, 2.45) is 11.8 Å². The Morgan fingerprint density at radius 2 is 2.29 bits per heavy atom. The Bertz CT molecular complexity index is 738. The second-order valence-electron chi connectivity index (χ2n) is 6.64. The van der Waals surface area contributed by atoms with E-state index in [2.05, 4.69) is 4.98 Å². The van der Waals surface area contributed by atoms with E-state index in [1.807, 2.05) is 16.3 Å². The average molecular weight is 351 g/mol. The van der Waals surface area contributed by atoms with Crippen molar-refractivity contribution in [1.29, 1.82) is 0 Å². The number of β-lactam (4-membered cyclic amide) rings is 1. The van der Waals surface area contributed by atoms with E-state index >= 15 is 0 Å². The number of fused-ring (bicyclic) bond motifs is 2. The molecule has 0 radical (unpaired) electrons. The lowest BCUT2D eigenvalue weighted by Gasteiger charge is -2.46. The second-order valence-corrected chi connectivity index (χ2v) is 7.98. The molecule has 1 unspecified atom stereocenters. The molecule has 2 N–H and O–H groups in total. The number of thioether (sulfide) groups is 1. The molecular formula is C15H19N4O4S+. The fourth-order valence-electron chi connectivity index (χ4n) is 4.03. The molecule has 0 aromatic carbocycles. The van der Waals surface area contributed by atoms with Crippen LogP contribution in [0.15, 0.2) is 23.3 Å². The molecular weight excluding hydrogens is 332 g/mol. The molecule has 1 aromatic rings. The number of hydrogen-bond donors (Lipinski definition) is 2. The van der Waals surface area contributed by atoms with Crippen LogP contribution in [0.2, 0.25) is 0 Å².